The average molecular weight is 404 g/mol. The predicted octanol–water partition coefficient (Wildman–Crippen LogP) is 2.43. The minimum absolute atomic E-state index is 0.00449. The van der Waals surface area contributed by atoms with Crippen LogP contribution in [0, 0.1) is 5.92 Å². The molecule has 0 unspecified atom stereocenters. The van der Waals surface area contributed by atoms with Crippen molar-refractivity contribution in [2.75, 3.05) is 19.6 Å². The summed E-state index contributed by atoms with van der Waals surface area (Å²) in [7, 11) is 0. The number of fused-ring (bicyclic) bond motifs is 4. The number of pyridine rings is 2. The maximum atomic E-state index is 12.8. The Labute approximate surface area is 174 Å². The normalized spacial score (nSPS) is 23.0. The largest absolute Gasteiger partial charge is 0.468 e. The summed E-state index contributed by atoms with van der Waals surface area (Å²) in [6, 6.07) is 12.7. The van der Waals surface area contributed by atoms with E-state index >= 15 is 0 Å². The topological polar surface area (TPSA) is 80.4 Å². The Balaban J connectivity index is 1.40. The van der Waals surface area contributed by atoms with Gasteiger partial charge >= 0.3 is 0 Å². The number of piperidine rings is 1. The summed E-state index contributed by atoms with van der Waals surface area (Å²) in [6.07, 6.45) is 5.93. The third kappa shape index (κ3) is 3.57. The Bertz CT molecular complexity index is 1080. The number of rotatable bonds is 5. The molecule has 0 saturated carbocycles. The van der Waals surface area contributed by atoms with Crippen LogP contribution in [0.5, 0.6) is 0 Å². The first-order valence-electron chi connectivity index (χ1n) is 10.3. The molecular weight excluding hydrogens is 380 g/mol. The molecule has 1 fully saturated rings. The first kappa shape index (κ1) is 18.8. The number of furan rings is 1. The third-order valence-electron chi connectivity index (χ3n) is 6.25. The molecule has 2 aliphatic rings. The molecule has 0 spiro atoms. The minimum atomic E-state index is -0.145. The molecule has 5 heterocycles. The van der Waals surface area contributed by atoms with E-state index in [2.05, 4.69) is 21.3 Å². The second-order valence-electron chi connectivity index (χ2n) is 8.14. The van der Waals surface area contributed by atoms with Gasteiger partial charge in [0, 0.05) is 55.3 Å². The Morgan fingerprint density at radius 3 is 2.80 bits per heavy atom. The first-order valence-corrected chi connectivity index (χ1v) is 10.3. The molecule has 0 aromatic carbocycles. The molecule has 154 valence electrons. The number of carbonyl (C=O) groups is 1. The minimum Gasteiger partial charge on any atom is -0.468 e. The fourth-order valence-electron chi connectivity index (χ4n) is 4.95. The standard InChI is InChI=1S/C23H24N4O3/c28-22-5-1-4-20-17-11-18(14-26(13-17)15-19-3-2-10-30-19)21(27(20)22)12-25-23(29)16-6-8-24-9-7-16/h1-10,17-18,21H,11-15H2,(H,25,29)/t17-,18+,21+/m1/s1. The fourth-order valence-corrected chi connectivity index (χ4v) is 4.95. The van der Waals surface area contributed by atoms with Crippen LogP contribution in [0.1, 0.15) is 40.2 Å². The molecule has 1 N–H and O–H groups in total. The zero-order chi connectivity index (χ0) is 20.5. The van der Waals surface area contributed by atoms with E-state index in [1.165, 1.54) is 0 Å². The van der Waals surface area contributed by atoms with E-state index in [4.69, 9.17) is 4.42 Å². The van der Waals surface area contributed by atoms with Gasteiger partial charge in [0.2, 0.25) is 0 Å². The number of carbonyl (C=O) groups excluding carboxylic acids is 1. The van der Waals surface area contributed by atoms with Crippen molar-refractivity contribution in [2.24, 2.45) is 5.92 Å². The molecule has 3 atom stereocenters. The van der Waals surface area contributed by atoms with Crippen LogP contribution in [-0.2, 0) is 6.54 Å². The zero-order valence-corrected chi connectivity index (χ0v) is 16.6. The van der Waals surface area contributed by atoms with Gasteiger partial charge in [0.05, 0.1) is 18.8 Å². The van der Waals surface area contributed by atoms with Crippen molar-refractivity contribution in [3.63, 3.8) is 0 Å². The molecule has 5 rings (SSSR count). The van der Waals surface area contributed by atoms with Crippen molar-refractivity contribution in [1.29, 1.82) is 0 Å². The smallest absolute Gasteiger partial charge is 0.251 e. The van der Waals surface area contributed by atoms with Crippen LogP contribution < -0.4 is 10.9 Å². The number of likely N-dealkylation sites (tertiary alicyclic amines) is 1. The number of amides is 1. The summed E-state index contributed by atoms with van der Waals surface area (Å²) >= 11 is 0. The van der Waals surface area contributed by atoms with E-state index in [0.29, 0.717) is 18.0 Å². The summed E-state index contributed by atoms with van der Waals surface area (Å²) in [5, 5.41) is 3.04. The highest BCUT2D eigenvalue weighted by atomic mass is 16.3. The molecule has 1 saturated heterocycles. The summed E-state index contributed by atoms with van der Waals surface area (Å²) in [4.78, 5) is 31.7. The average Bonchev–Trinajstić information content (AvgIpc) is 3.27. The summed E-state index contributed by atoms with van der Waals surface area (Å²) < 4.78 is 7.46. The van der Waals surface area contributed by atoms with Crippen LogP contribution >= 0.6 is 0 Å². The molecule has 1 amide bonds. The number of nitrogens with one attached hydrogen (secondary N) is 1. The first-order chi connectivity index (χ1) is 14.7. The molecule has 0 radical (unpaired) electrons. The van der Waals surface area contributed by atoms with E-state index in [1.807, 2.05) is 22.8 Å². The highest BCUT2D eigenvalue weighted by molar-refractivity contribution is 5.93. The number of nitrogens with zero attached hydrogens (tertiary/aromatic N) is 3. The van der Waals surface area contributed by atoms with Gasteiger partial charge in [-0.2, -0.15) is 0 Å². The summed E-state index contributed by atoms with van der Waals surface area (Å²) in [5.41, 5.74) is 1.64. The molecule has 2 bridgehead atoms. The Morgan fingerprint density at radius 2 is 2.00 bits per heavy atom. The van der Waals surface area contributed by atoms with Crippen molar-refractivity contribution < 1.29 is 9.21 Å². The van der Waals surface area contributed by atoms with Gasteiger partial charge in [-0.25, -0.2) is 0 Å². The molecule has 7 heteroatoms. The van der Waals surface area contributed by atoms with E-state index in [9.17, 15) is 9.59 Å². The van der Waals surface area contributed by atoms with Crippen LogP contribution in [0.3, 0.4) is 0 Å². The molecule has 3 aromatic heterocycles. The Morgan fingerprint density at radius 1 is 1.13 bits per heavy atom. The van der Waals surface area contributed by atoms with Crippen LogP contribution in [-0.4, -0.2) is 40.0 Å². The van der Waals surface area contributed by atoms with E-state index in [-0.39, 0.29) is 23.4 Å². The van der Waals surface area contributed by atoms with Gasteiger partial charge in [-0.15, -0.1) is 0 Å². The van der Waals surface area contributed by atoms with Crippen molar-refractivity contribution in [3.05, 3.63) is 88.5 Å². The molecule has 3 aromatic rings. The lowest BCUT2D eigenvalue weighted by Crippen LogP contribution is -2.51. The summed E-state index contributed by atoms with van der Waals surface area (Å²) in [6.45, 7) is 2.95. The van der Waals surface area contributed by atoms with Gasteiger partial charge in [0.25, 0.3) is 11.5 Å². The van der Waals surface area contributed by atoms with Gasteiger partial charge in [0.15, 0.2) is 0 Å². The second kappa shape index (κ2) is 7.91. The lowest BCUT2D eigenvalue weighted by atomic mass is 9.78. The number of hydrogen-bond acceptors (Lipinski definition) is 5. The molecule has 2 aliphatic heterocycles. The quantitative estimate of drug-likeness (QED) is 0.707. The van der Waals surface area contributed by atoms with Crippen LogP contribution in [0.25, 0.3) is 0 Å². The maximum Gasteiger partial charge on any atom is 0.251 e. The lowest BCUT2D eigenvalue weighted by Gasteiger charge is -2.46. The van der Waals surface area contributed by atoms with Gasteiger partial charge in [0.1, 0.15) is 5.76 Å². The Hall–Kier alpha value is -3.19. The predicted molar refractivity (Wildman–Crippen MR) is 111 cm³/mol. The number of aromatic nitrogens is 2. The van der Waals surface area contributed by atoms with E-state index in [1.54, 1.807) is 36.9 Å². The van der Waals surface area contributed by atoms with Gasteiger partial charge < -0.3 is 14.3 Å². The second-order valence-corrected chi connectivity index (χ2v) is 8.14. The van der Waals surface area contributed by atoms with Crippen molar-refractivity contribution in [2.45, 2.75) is 24.9 Å². The van der Waals surface area contributed by atoms with Gasteiger partial charge in [-0.1, -0.05) is 6.07 Å². The zero-order valence-electron chi connectivity index (χ0n) is 16.6. The van der Waals surface area contributed by atoms with E-state index in [0.717, 1.165) is 37.5 Å². The summed E-state index contributed by atoms with van der Waals surface area (Å²) in [5.74, 6) is 1.39. The monoisotopic (exact) mass is 404 g/mol. The van der Waals surface area contributed by atoms with Crippen molar-refractivity contribution in [1.82, 2.24) is 19.8 Å². The highest BCUT2D eigenvalue weighted by Gasteiger charge is 2.40. The van der Waals surface area contributed by atoms with Crippen LogP contribution in [0.4, 0.5) is 0 Å². The molecule has 0 aliphatic carbocycles. The van der Waals surface area contributed by atoms with Crippen molar-refractivity contribution in [3.8, 4) is 0 Å². The van der Waals surface area contributed by atoms with Crippen LogP contribution in [0.2, 0.25) is 0 Å². The molecule has 7 nitrogen and oxygen atoms in total. The molecular formula is C23H24N4O3. The van der Waals surface area contributed by atoms with Gasteiger partial charge in [-0.05, 0) is 42.7 Å². The van der Waals surface area contributed by atoms with E-state index < -0.39 is 0 Å². The highest BCUT2D eigenvalue weighted by Crippen LogP contribution is 2.41. The fraction of sp³-hybridized carbons (Fsp3) is 0.348. The van der Waals surface area contributed by atoms with Crippen molar-refractivity contribution >= 4 is 5.91 Å². The third-order valence-corrected chi connectivity index (χ3v) is 6.25. The number of hydrogen-bond donors (Lipinski definition) is 1. The van der Waals surface area contributed by atoms with Crippen LogP contribution in [0.15, 0.2) is 70.3 Å². The molecule has 30 heavy (non-hydrogen) atoms. The van der Waals surface area contributed by atoms with Gasteiger partial charge in [-0.3, -0.25) is 19.5 Å². The lowest BCUT2D eigenvalue weighted by molar-refractivity contribution is 0.0758. The SMILES string of the molecule is O=C(NC[C@H]1[C@H]2C[C@H](CN(Cc3ccco3)C2)c2cccc(=O)n21)c1ccncc1. The maximum absolute atomic E-state index is 12.8. The Kier molecular flexibility index (Phi) is 4.96.